The number of rotatable bonds is 4. The highest BCUT2D eigenvalue weighted by Gasteiger charge is 2.18. The van der Waals surface area contributed by atoms with E-state index in [-0.39, 0.29) is 44.5 Å². The van der Waals surface area contributed by atoms with Gasteiger partial charge in [-0.25, -0.2) is 15.0 Å². The fraction of sp³-hybridized carbons (Fsp3) is 0. The zero-order valence-corrected chi connectivity index (χ0v) is 22.7. The molecule has 2 aromatic heterocycles. The lowest BCUT2D eigenvalue weighted by atomic mass is 10.00. The van der Waals surface area contributed by atoms with Gasteiger partial charge in [-0.1, -0.05) is 121 Å². The average Bonchev–Trinajstić information content (AvgIpc) is 3.68. The van der Waals surface area contributed by atoms with Gasteiger partial charge in [-0.2, -0.15) is 0 Å². The maximum Gasteiger partial charge on any atom is 0.164 e. The Labute approximate surface area is 286 Å². The van der Waals surface area contributed by atoms with Crippen molar-refractivity contribution in [1.29, 1.82) is 0 Å². The molecular formula is C41H25N3O. The summed E-state index contributed by atoms with van der Waals surface area (Å²) in [6.45, 7) is 0. The molecule has 0 unspecified atom stereocenters. The molecule has 0 aliphatic rings. The molecule has 0 saturated carbocycles. The third kappa shape index (κ3) is 4.43. The summed E-state index contributed by atoms with van der Waals surface area (Å²) in [6.07, 6.45) is 0. The van der Waals surface area contributed by atoms with Crippen LogP contribution < -0.4 is 0 Å². The van der Waals surface area contributed by atoms with Gasteiger partial charge < -0.3 is 4.42 Å². The topological polar surface area (TPSA) is 51.8 Å². The molecule has 0 N–H and O–H groups in total. The minimum absolute atomic E-state index is 0.0169. The number of aromatic nitrogens is 3. The molecular weight excluding hydrogens is 550 g/mol. The lowest BCUT2D eigenvalue weighted by Crippen LogP contribution is -2.00. The number of hydrogen-bond donors (Lipinski definition) is 0. The first kappa shape index (κ1) is 12.8. The van der Waals surface area contributed by atoms with Crippen molar-refractivity contribution in [2.45, 2.75) is 0 Å². The molecule has 2 heterocycles. The third-order valence-corrected chi connectivity index (χ3v) is 7.17. The van der Waals surface area contributed by atoms with Gasteiger partial charge in [0.05, 0.1) is 26.0 Å². The minimum Gasteiger partial charge on any atom is -0.456 e. The summed E-state index contributed by atoms with van der Waals surface area (Å²) in [6, 6.07) is -1.94. The Hall–Kier alpha value is -6.13. The van der Waals surface area contributed by atoms with Crippen molar-refractivity contribution >= 4 is 43.5 Å². The molecule has 210 valence electrons. The lowest BCUT2D eigenvalue weighted by Gasteiger charge is -2.11. The first-order valence-corrected chi connectivity index (χ1v) is 13.5. The van der Waals surface area contributed by atoms with Crippen molar-refractivity contribution in [2.24, 2.45) is 0 Å². The molecule has 4 nitrogen and oxygen atoms in total. The van der Waals surface area contributed by atoms with Gasteiger partial charge in [-0.05, 0) is 62.9 Å². The molecule has 0 radical (unpaired) electrons. The average molecular weight is 595 g/mol. The van der Waals surface area contributed by atoms with E-state index in [2.05, 4.69) is 15.0 Å². The molecule has 0 atom stereocenters. The number of para-hydroxylation sites is 1. The molecule has 0 spiro atoms. The van der Waals surface area contributed by atoms with Crippen LogP contribution in [0.4, 0.5) is 0 Å². The summed E-state index contributed by atoms with van der Waals surface area (Å²) in [7, 11) is 0. The van der Waals surface area contributed by atoms with Crippen molar-refractivity contribution in [2.75, 3.05) is 0 Å². The molecule has 0 aliphatic heterocycles. The molecule has 0 amide bonds. The fourth-order valence-electron chi connectivity index (χ4n) is 5.08. The van der Waals surface area contributed by atoms with E-state index in [1.807, 2.05) is 0 Å². The lowest BCUT2D eigenvalue weighted by molar-refractivity contribution is 0.669. The zero-order chi connectivity index (χ0) is 46.3. The zero-order valence-electron chi connectivity index (χ0n) is 41.7. The van der Waals surface area contributed by atoms with Crippen LogP contribution in [0.1, 0.15) is 26.0 Å². The second-order valence-corrected chi connectivity index (χ2v) is 9.84. The minimum atomic E-state index is -0.703. The van der Waals surface area contributed by atoms with Crippen molar-refractivity contribution < 1.29 is 30.5 Å². The number of furan rings is 1. The molecule has 9 rings (SSSR count). The Morgan fingerprint density at radius 2 is 1.11 bits per heavy atom. The van der Waals surface area contributed by atoms with Crippen molar-refractivity contribution in [3.8, 4) is 45.3 Å². The van der Waals surface area contributed by atoms with E-state index >= 15 is 0 Å². The van der Waals surface area contributed by atoms with Gasteiger partial charge in [-0.15, -0.1) is 0 Å². The maximum absolute atomic E-state index is 9.25. The van der Waals surface area contributed by atoms with E-state index < -0.39 is 143 Å². The van der Waals surface area contributed by atoms with E-state index in [0.717, 1.165) is 0 Å². The Morgan fingerprint density at radius 1 is 0.444 bits per heavy atom. The highest BCUT2D eigenvalue weighted by molar-refractivity contribution is 6.11. The standard InChI is InChI=1S/C41H25N3O/c1-2-9-26(10-3-1)29-18-19-31-25-33(22-20-30(31)23-29)40-42-39(32-21-17-27-11-4-5-12-28(27)24-32)43-41(44-40)35-14-8-16-37-38(35)34-13-6-7-15-36(34)45-37/h1-25H/i1D,2D,3D,4D,5D,6D,7D,8D,9D,10D,11D,12D,13D,14D,15D,16D,17D,21D,24D. The van der Waals surface area contributed by atoms with Crippen LogP contribution in [-0.2, 0) is 0 Å². The first-order valence-electron chi connectivity index (χ1n) is 23.0. The van der Waals surface area contributed by atoms with Gasteiger partial charge in [-0.3, -0.25) is 0 Å². The van der Waals surface area contributed by atoms with E-state index in [9.17, 15) is 1.37 Å². The molecule has 0 bridgehead atoms. The second kappa shape index (κ2) is 10.2. The summed E-state index contributed by atoms with van der Waals surface area (Å²) < 4.78 is 168. The van der Waals surface area contributed by atoms with Crippen LogP contribution in [-0.4, -0.2) is 15.0 Å². The van der Waals surface area contributed by atoms with Crippen molar-refractivity contribution in [3.05, 3.63) is 151 Å². The predicted molar refractivity (Wildman–Crippen MR) is 184 cm³/mol. The van der Waals surface area contributed by atoms with Crippen LogP contribution in [0, 0.1) is 0 Å². The van der Waals surface area contributed by atoms with Crippen molar-refractivity contribution in [1.82, 2.24) is 15.0 Å². The first-order chi connectivity index (χ1) is 30.2. The van der Waals surface area contributed by atoms with Gasteiger partial charge in [0, 0.05) is 27.5 Å². The van der Waals surface area contributed by atoms with E-state index in [1.165, 1.54) is 0 Å². The SMILES string of the molecule is [2H]c1c([2H])c([2H])c(-c2ccc3cc(-c4nc(-c5c([2H])c([2H])c6c([2H])c([2H])c([2H])c([2H])c6c5[2H])nc(-c5c([2H])c([2H])c([2H])c6oc7c([2H])c([2H])c([2H])c([2H])c7c56)n4)ccc3c2)c([2H])c1[2H]. The summed E-state index contributed by atoms with van der Waals surface area (Å²) in [4.78, 5) is 13.8. The smallest absolute Gasteiger partial charge is 0.164 e. The third-order valence-electron chi connectivity index (χ3n) is 7.17. The molecule has 0 aliphatic carbocycles. The van der Waals surface area contributed by atoms with E-state index in [1.54, 1.807) is 36.4 Å². The van der Waals surface area contributed by atoms with E-state index in [0.29, 0.717) is 16.3 Å². The van der Waals surface area contributed by atoms with Gasteiger partial charge in [0.1, 0.15) is 11.2 Å². The molecule has 9 aromatic rings. The van der Waals surface area contributed by atoms with Crippen molar-refractivity contribution in [3.63, 3.8) is 0 Å². The maximum atomic E-state index is 9.25. The quantitative estimate of drug-likeness (QED) is 0.203. The van der Waals surface area contributed by atoms with Crippen LogP contribution >= 0.6 is 0 Å². The van der Waals surface area contributed by atoms with Gasteiger partial charge in [0.25, 0.3) is 0 Å². The van der Waals surface area contributed by atoms with Gasteiger partial charge in [0.2, 0.25) is 0 Å². The van der Waals surface area contributed by atoms with Crippen LogP contribution in [0.5, 0.6) is 0 Å². The molecule has 0 saturated heterocycles. The predicted octanol–water partition coefficient (Wildman–Crippen LogP) is 10.7. The Morgan fingerprint density at radius 3 is 1.98 bits per heavy atom. The Bertz CT molecular complexity index is 3600. The Balaban J connectivity index is 1.37. The highest BCUT2D eigenvalue weighted by atomic mass is 16.3. The normalized spacial score (nSPS) is 17.5. The summed E-state index contributed by atoms with van der Waals surface area (Å²) >= 11 is 0. The summed E-state index contributed by atoms with van der Waals surface area (Å²) in [5.41, 5.74) is -1.03. The van der Waals surface area contributed by atoms with Gasteiger partial charge in [0.15, 0.2) is 17.5 Å². The second-order valence-electron chi connectivity index (χ2n) is 9.84. The number of fused-ring (bicyclic) bond motifs is 5. The van der Waals surface area contributed by atoms with Crippen LogP contribution in [0.25, 0.3) is 88.8 Å². The van der Waals surface area contributed by atoms with E-state index in [4.69, 9.17) is 29.1 Å². The largest absolute Gasteiger partial charge is 0.456 e. The summed E-state index contributed by atoms with van der Waals surface area (Å²) in [5, 5.41) is -0.192. The van der Waals surface area contributed by atoms with Crippen LogP contribution in [0.3, 0.4) is 0 Å². The number of hydrogen-bond acceptors (Lipinski definition) is 4. The van der Waals surface area contributed by atoms with Crippen LogP contribution in [0.2, 0.25) is 0 Å². The van der Waals surface area contributed by atoms with Gasteiger partial charge >= 0.3 is 0 Å². The molecule has 4 heteroatoms. The molecule has 0 fully saturated rings. The van der Waals surface area contributed by atoms with Crippen LogP contribution in [0.15, 0.2) is 156 Å². The highest BCUT2D eigenvalue weighted by Crippen LogP contribution is 2.37. The summed E-state index contributed by atoms with van der Waals surface area (Å²) in [5.74, 6) is -1.13. The monoisotopic (exact) mass is 594 g/mol. The number of benzene rings is 7. The number of nitrogens with zero attached hydrogens (tertiary/aromatic N) is 3. The fourth-order valence-corrected chi connectivity index (χ4v) is 5.08. The molecule has 45 heavy (non-hydrogen) atoms. The molecule has 7 aromatic carbocycles. The Kier molecular flexibility index (Phi) is 2.93.